The predicted octanol–water partition coefficient (Wildman–Crippen LogP) is 3.05. The Morgan fingerprint density at radius 1 is 0.725 bits per heavy atom. The monoisotopic (exact) mass is 580 g/mol. The number of piperazine rings is 1. The van der Waals surface area contributed by atoms with Gasteiger partial charge in [-0.1, -0.05) is 32.0 Å². The van der Waals surface area contributed by atoms with Crippen LogP contribution in [-0.4, -0.2) is 80.4 Å². The smallest absolute Gasteiger partial charge is 0.260 e. The fourth-order valence-corrected chi connectivity index (χ4v) is 9.01. The quantitative estimate of drug-likeness (QED) is 0.384. The summed E-state index contributed by atoms with van der Waals surface area (Å²) in [7, 11) is -7.70. The summed E-state index contributed by atoms with van der Waals surface area (Å²) in [5.74, 6) is 0.506. The Kier molecular flexibility index (Phi) is 6.76. The summed E-state index contributed by atoms with van der Waals surface area (Å²) >= 11 is 0. The van der Waals surface area contributed by atoms with Gasteiger partial charge in [-0.25, -0.2) is 26.8 Å². The first-order valence-electron chi connectivity index (χ1n) is 13.5. The molecule has 1 aromatic carbocycles. The zero-order valence-electron chi connectivity index (χ0n) is 22.5. The maximum atomic E-state index is 13.5. The molecule has 0 spiro atoms. The van der Waals surface area contributed by atoms with Gasteiger partial charge in [-0.15, -0.1) is 0 Å². The van der Waals surface area contributed by atoms with E-state index in [1.54, 1.807) is 0 Å². The van der Waals surface area contributed by atoms with Crippen LogP contribution in [0, 0.1) is 17.2 Å². The number of para-hydroxylation sites is 1. The number of rotatable bonds is 5. The standard InChI is InChI=1S/C28H32N6O4S2/c1-19-12-20(2)18-34(17-19)40(37,38)27-14-23-25(16-31-27)24-15-30-26(13-22(24)28(23)29)39(35,36)33-10-8-32(9-11-33)21-6-4-3-5-7-21/h3-7,13-16,19-20,29H,8-12,17-18H2,1-2H3/t19-,20-/m0/s1. The largest absolute Gasteiger partial charge is 0.369 e. The fraction of sp³-hybridized carbons (Fsp3) is 0.393. The first-order chi connectivity index (χ1) is 19.1. The topological polar surface area (TPSA) is 128 Å². The highest BCUT2D eigenvalue weighted by Crippen LogP contribution is 2.38. The minimum atomic E-state index is -3.88. The Balaban J connectivity index is 1.24. The van der Waals surface area contributed by atoms with E-state index in [2.05, 4.69) is 14.9 Å². The van der Waals surface area contributed by atoms with Gasteiger partial charge in [0.2, 0.25) is 0 Å². The van der Waals surface area contributed by atoms with Crippen LogP contribution in [0.15, 0.2) is 64.9 Å². The van der Waals surface area contributed by atoms with E-state index in [0.29, 0.717) is 61.5 Å². The molecular formula is C28H32N6O4S2. The van der Waals surface area contributed by atoms with Gasteiger partial charge in [-0.2, -0.15) is 8.61 Å². The average Bonchev–Trinajstić information content (AvgIpc) is 3.23. The minimum Gasteiger partial charge on any atom is -0.369 e. The van der Waals surface area contributed by atoms with E-state index >= 15 is 0 Å². The molecule has 0 radical (unpaired) electrons. The molecule has 2 saturated heterocycles. The van der Waals surface area contributed by atoms with Crippen molar-refractivity contribution in [1.82, 2.24) is 18.6 Å². The van der Waals surface area contributed by atoms with Crippen molar-refractivity contribution >= 4 is 31.4 Å². The van der Waals surface area contributed by atoms with E-state index in [-0.39, 0.29) is 27.6 Å². The summed E-state index contributed by atoms with van der Waals surface area (Å²) < 4.78 is 56.8. The van der Waals surface area contributed by atoms with Crippen LogP contribution >= 0.6 is 0 Å². The first-order valence-corrected chi connectivity index (χ1v) is 16.3. The first kappa shape index (κ1) is 27.0. The van der Waals surface area contributed by atoms with Crippen LogP contribution in [0.25, 0.3) is 11.1 Å². The molecule has 2 atom stereocenters. The number of piperidine rings is 1. The van der Waals surface area contributed by atoms with Crippen LogP contribution in [0.3, 0.4) is 0 Å². The van der Waals surface area contributed by atoms with Crippen molar-refractivity contribution in [3.63, 3.8) is 0 Å². The maximum Gasteiger partial charge on any atom is 0.260 e. The zero-order valence-corrected chi connectivity index (χ0v) is 24.1. The van der Waals surface area contributed by atoms with Gasteiger partial charge in [-0.05, 0) is 42.5 Å². The van der Waals surface area contributed by atoms with Crippen molar-refractivity contribution in [2.75, 3.05) is 44.2 Å². The number of nitrogens with zero attached hydrogens (tertiary/aromatic N) is 5. The molecule has 0 unspecified atom stereocenters. The van der Waals surface area contributed by atoms with Crippen molar-refractivity contribution < 1.29 is 16.8 Å². The molecule has 1 N–H and O–H groups in total. The Labute approximate surface area is 235 Å². The molecule has 3 aliphatic rings. The van der Waals surface area contributed by atoms with Crippen molar-refractivity contribution in [3.05, 3.63) is 66.0 Å². The SMILES string of the molecule is C[C@H]1C[C@H](C)CN(S(=O)(=O)c2cc3c(cn2)-c2cnc(S(=O)(=O)N4CCN(c5ccccc5)CC4)cc2C3=N)C1. The van der Waals surface area contributed by atoms with E-state index in [1.807, 2.05) is 44.2 Å². The van der Waals surface area contributed by atoms with Crippen LogP contribution in [0.2, 0.25) is 0 Å². The van der Waals surface area contributed by atoms with E-state index in [1.165, 1.54) is 33.1 Å². The number of nitrogens with one attached hydrogen (secondary N) is 1. The van der Waals surface area contributed by atoms with Gasteiger partial charge in [0.1, 0.15) is 0 Å². The lowest BCUT2D eigenvalue weighted by Crippen LogP contribution is -2.48. The minimum absolute atomic E-state index is 0.0666. The molecule has 2 aliphatic heterocycles. The molecule has 3 aromatic rings. The highest BCUT2D eigenvalue weighted by Gasteiger charge is 2.36. The van der Waals surface area contributed by atoms with Crippen molar-refractivity contribution in [2.45, 2.75) is 30.3 Å². The zero-order chi connectivity index (χ0) is 28.2. The highest BCUT2D eigenvalue weighted by molar-refractivity contribution is 7.89. The lowest BCUT2D eigenvalue weighted by molar-refractivity contribution is 0.222. The summed E-state index contributed by atoms with van der Waals surface area (Å²) in [5, 5.41) is 8.60. The van der Waals surface area contributed by atoms with E-state index < -0.39 is 20.0 Å². The summed E-state index contributed by atoms with van der Waals surface area (Å²) in [4.78, 5) is 10.7. The van der Waals surface area contributed by atoms with Crippen LogP contribution < -0.4 is 4.90 Å². The Morgan fingerprint density at radius 3 is 1.75 bits per heavy atom. The van der Waals surface area contributed by atoms with Gasteiger partial charge in [0.15, 0.2) is 10.1 Å². The number of aromatic nitrogens is 2. The molecule has 210 valence electrons. The van der Waals surface area contributed by atoms with Crippen LogP contribution in [0.4, 0.5) is 5.69 Å². The van der Waals surface area contributed by atoms with Crippen LogP contribution in [-0.2, 0) is 20.0 Å². The molecule has 10 nitrogen and oxygen atoms in total. The second-order valence-corrected chi connectivity index (χ2v) is 14.8. The second kappa shape index (κ2) is 10.0. The third kappa shape index (κ3) is 4.62. The molecule has 1 aliphatic carbocycles. The van der Waals surface area contributed by atoms with E-state index in [0.717, 1.165) is 12.1 Å². The Hall–Kier alpha value is -3.19. The van der Waals surface area contributed by atoms with E-state index in [9.17, 15) is 16.8 Å². The highest BCUT2D eigenvalue weighted by atomic mass is 32.2. The molecular weight excluding hydrogens is 548 g/mol. The van der Waals surface area contributed by atoms with Crippen LogP contribution in [0.5, 0.6) is 0 Å². The summed E-state index contributed by atoms with van der Waals surface area (Å²) in [6.07, 6.45) is 3.88. The average molecular weight is 581 g/mol. The van der Waals surface area contributed by atoms with Gasteiger partial charge in [0.25, 0.3) is 20.0 Å². The number of fused-ring (bicyclic) bond motifs is 3. The van der Waals surface area contributed by atoms with Crippen molar-refractivity contribution in [1.29, 1.82) is 5.41 Å². The number of anilines is 1. The Bertz CT molecular complexity index is 1680. The molecule has 0 bridgehead atoms. The third-order valence-electron chi connectivity index (χ3n) is 7.99. The Morgan fingerprint density at radius 2 is 1.23 bits per heavy atom. The van der Waals surface area contributed by atoms with Gasteiger partial charge in [0, 0.05) is 79.6 Å². The molecule has 12 heteroatoms. The van der Waals surface area contributed by atoms with Gasteiger partial charge < -0.3 is 4.90 Å². The number of hydrogen-bond acceptors (Lipinski definition) is 8. The lowest BCUT2D eigenvalue weighted by atomic mass is 9.94. The maximum absolute atomic E-state index is 13.5. The normalized spacial score (nSPS) is 22.2. The third-order valence-corrected chi connectivity index (χ3v) is 11.5. The second-order valence-electron chi connectivity index (χ2n) is 11.0. The molecule has 40 heavy (non-hydrogen) atoms. The molecule has 2 fully saturated rings. The summed E-state index contributed by atoms with van der Waals surface area (Å²) in [5.41, 5.74) is 3.09. The van der Waals surface area contributed by atoms with Gasteiger partial charge in [-0.3, -0.25) is 5.41 Å². The van der Waals surface area contributed by atoms with E-state index in [4.69, 9.17) is 5.41 Å². The number of pyridine rings is 2. The lowest BCUT2D eigenvalue weighted by Gasteiger charge is -2.35. The van der Waals surface area contributed by atoms with Crippen molar-refractivity contribution in [2.24, 2.45) is 11.8 Å². The predicted molar refractivity (Wildman–Crippen MR) is 153 cm³/mol. The molecule has 0 amide bonds. The number of benzene rings is 1. The van der Waals surface area contributed by atoms with Gasteiger partial charge in [0.05, 0.1) is 5.71 Å². The summed E-state index contributed by atoms with van der Waals surface area (Å²) in [6.45, 7) is 6.74. The molecule has 0 saturated carbocycles. The molecule has 4 heterocycles. The van der Waals surface area contributed by atoms with Gasteiger partial charge >= 0.3 is 0 Å². The van der Waals surface area contributed by atoms with Crippen LogP contribution in [0.1, 0.15) is 31.4 Å². The molecule has 6 rings (SSSR count). The number of sulfonamides is 2. The summed E-state index contributed by atoms with van der Waals surface area (Å²) in [6, 6.07) is 12.8. The molecule has 2 aromatic heterocycles. The van der Waals surface area contributed by atoms with Crippen molar-refractivity contribution in [3.8, 4) is 11.1 Å². The fourth-order valence-electron chi connectivity index (χ4n) is 6.03. The number of hydrogen-bond donors (Lipinski definition) is 1.